The normalized spacial score (nSPS) is 10.5. The average Bonchev–Trinajstić information content (AvgIpc) is 2.69. The zero-order valence-electron chi connectivity index (χ0n) is 9.53. The van der Waals surface area contributed by atoms with Gasteiger partial charge in [-0.2, -0.15) is 4.98 Å². The van der Waals surface area contributed by atoms with E-state index in [1.165, 1.54) is 6.92 Å². The standard InChI is InChI=1S/C12H11BrN2O2/c1-7-3-4-9(6-10(7)13)12-14-11(17-15-12)5-8(2)16/h3-4,6H,5H2,1-2H3. The molecule has 0 aliphatic carbocycles. The van der Waals surface area contributed by atoms with E-state index in [0.29, 0.717) is 11.7 Å². The number of nitrogens with zero attached hydrogens (tertiary/aromatic N) is 2. The summed E-state index contributed by atoms with van der Waals surface area (Å²) in [6, 6.07) is 5.82. The minimum Gasteiger partial charge on any atom is -0.339 e. The van der Waals surface area contributed by atoms with Gasteiger partial charge in [-0.1, -0.05) is 33.2 Å². The van der Waals surface area contributed by atoms with Gasteiger partial charge in [0.25, 0.3) is 0 Å². The van der Waals surface area contributed by atoms with Crippen LogP contribution in [0.3, 0.4) is 0 Å². The van der Waals surface area contributed by atoms with Crippen LogP contribution in [0.5, 0.6) is 0 Å². The summed E-state index contributed by atoms with van der Waals surface area (Å²) < 4.78 is 6.00. The minimum atomic E-state index is 0.00490. The Morgan fingerprint density at radius 2 is 2.24 bits per heavy atom. The van der Waals surface area contributed by atoms with Crippen molar-refractivity contribution in [2.24, 2.45) is 0 Å². The second-order valence-electron chi connectivity index (χ2n) is 3.85. The first-order valence-corrected chi connectivity index (χ1v) is 5.94. The van der Waals surface area contributed by atoms with Gasteiger partial charge in [0, 0.05) is 10.0 Å². The summed E-state index contributed by atoms with van der Waals surface area (Å²) in [6.07, 6.45) is 0.181. The average molecular weight is 295 g/mol. The monoisotopic (exact) mass is 294 g/mol. The van der Waals surface area contributed by atoms with Crippen molar-refractivity contribution in [3.8, 4) is 11.4 Å². The van der Waals surface area contributed by atoms with E-state index in [9.17, 15) is 4.79 Å². The van der Waals surface area contributed by atoms with Crippen LogP contribution in [0.15, 0.2) is 27.2 Å². The molecule has 0 atom stereocenters. The highest BCUT2D eigenvalue weighted by atomic mass is 79.9. The Bertz CT molecular complexity index is 563. The van der Waals surface area contributed by atoms with Crippen LogP contribution in [-0.4, -0.2) is 15.9 Å². The molecular weight excluding hydrogens is 284 g/mol. The van der Waals surface area contributed by atoms with E-state index < -0.39 is 0 Å². The third-order valence-electron chi connectivity index (χ3n) is 2.30. The van der Waals surface area contributed by atoms with Crippen LogP contribution in [0.25, 0.3) is 11.4 Å². The largest absolute Gasteiger partial charge is 0.339 e. The van der Waals surface area contributed by atoms with E-state index in [2.05, 4.69) is 26.1 Å². The van der Waals surface area contributed by atoms with E-state index in [1.54, 1.807) is 0 Å². The van der Waals surface area contributed by atoms with E-state index in [4.69, 9.17) is 4.52 Å². The predicted molar refractivity (Wildman–Crippen MR) is 66.6 cm³/mol. The van der Waals surface area contributed by atoms with Crippen LogP contribution >= 0.6 is 15.9 Å². The summed E-state index contributed by atoms with van der Waals surface area (Å²) >= 11 is 3.45. The molecule has 17 heavy (non-hydrogen) atoms. The summed E-state index contributed by atoms with van der Waals surface area (Å²) in [5.74, 6) is 0.858. The topological polar surface area (TPSA) is 56.0 Å². The number of carbonyl (C=O) groups excluding carboxylic acids is 1. The minimum absolute atomic E-state index is 0.00490. The molecule has 0 fully saturated rings. The Kier molecular flexibility index (Phi) is 3.38. The van der Waals surface area contributed by atoms with Gasteiger partial charge in [-0.25, -0.2) is 0 Å². The third kappa shape index (κ3) is 2.79. The Labute approximate surface area is 107 Å². The second-order valence-corrected chi connectivity index (χ2v) is 4.71. The van der Waals surface area contributed by atoms with Crippen molar-refractivity contribution >= 4 is 21.7 Å². The smallest absolute Gasteiger partial charge is 0.234 e. The third-order valence-corrected chi connectivity index (χ3v) is 3.15. The Hall–Kier alpha value is -1.49. The van der Waals surface area contributed by atoms with E-state index in [0.717, 1.165) is 15.6 Å². The molecule has 0 spiro atoms. The van der Waals surface area contributed by atoms with Crippen LogP contribution in [0.2, 0.25) is 0 Å². The maximum Gasteiger partial charge on any atom is 0.234 e. The lowest BCUT2D eigenvalue weighted by atomic mass is 10.1. The number of aromatic nitrogens is 2. The highest BCUT2D eigenvalue weighted by molar-refractivity contribution is 9.10. The molecule has 2 rings (SSSR count). The molecule has 0 bridgehead atoms. The lowest BCUT2D eigenvalue weighted by Gasteiger charge is -1.99. The Morgan fingerprint density at radius 3 is 2.88 bits per heavy atom. The number of ketones is 1. The van der Waals surface area contributed by atoms with Crippen molar-refractivity contribution in [3.05, 3.63) is 34.1 Å². The lowest BCUT2D eigenvalue weighted by molar-refractivity contribution is -0.116. The first-order valence-electron chi connectivity index (χ1n) is 5.15. The molecule has 1 aromatic heterocycles. The zero-order chi connectivity index (χ0) is 12.4. The van der Waals surface area contributed by atoms with Crippen molar-refractivity contribution in [3.63, 3.8) is 0 Å². The van der Waals surface area contributed by atoms with Crippen molar-refractivity contribution in [1.82, 2.24) is 10.1 Å². The maximum atomic E-state index is 10.9. The van der Waals surface area contributed by atoms with Gasteiger partial charge in [-0.3, -0.25) is 4.79 Å². The summed E-state index contributed by atoms with van der Waals surface area (Å²) in [4.78, 5) is 15.1. The second kappa shape index (κ2) is 4.79. The van der Waals surface area contributed by atoms with Gasteiger partial charge in [0.1, 0.15) is 5.78 Å². The molecule has 88 valence electrons. The molecule has 0 aliphatic rings. The van der Waals surface area contributed by atoms with Gasteiger partial charge in [-0.05, 0) is 25.5 Å². The quantitative estimate of drug-likeness (QED) is 0.873. The molecule has 4 nitrogen and oxygen atoms in total. The first kappa shape index (κ1) is 12.0. The van der Waals surface area contributed by atoms with Gasteiger partial charge in [0.2, 0.25) is 11.7 Å². The van der Waals surface area contributed by atoms with E-state index in [-0.39, 0.29) is 12.2 Å². The van der Waals surface area contributed by atoms with Crippen LogP contribution in [-0.2, 0) is 11.2 Å². The van der Waals surface area contributed by atoms with E-state index >= 15 is 0 Å². The van der Waals surface area contributed by atoms with E-state index in [1.807, 2.05) is 25.1 Å². The lowest BCUT2D eigenvalue weighted by Crippen LogP contribution is -1.96. The predicted octanol–water partition coefficient (Wildman–Crippen LogP) is 2.94. The molecule has 0 radical (unpaired) electrons. The SMILES string of the molecule is CC(=O)Cc1nc(-c2ccc(C)c(Br)c2)no1. The molecule has 0 unspecified atom stereocenters. The van der Waals surface area contributed by atoms with Gasteiger partial charge < -0.3 is 4.52 Å². The van der Waals surface area contributed by atoms with Crippen molar-refractivity contribution in [2.45, 2.75) is 20.3 Å². The van der Waals surface area contributed by atoms with Gasteiger partial charge in [0.15, 0.2) is 0 Å². The number of carbonyl (C=O) groups is 1. The molecule has 0 amide bonds. The fraction of sp³-hybridized carbons (Fsp3) is 0.250. The molecule has 5 heteroatoms. The molecule has 1 heterocycles. The number of hydrogen-bond acceptors (Lipinski definition) is 4. The molecular formula is C12H11BrN2O2. The molecule has 0 saturated heterocycles. The number of hydrogen-bond donors (Lipinski definition) is 0. The summed E-state index contributed by atoms with van der Waals surface area (Å²) in [5.41, 5.74) is 2.00. The first-order chi connectivity index (χ1) is 8.06. The van der Waals surface area contributed by atoms with Crippen LogP contribution in [0, 0.1) is 6.92 Å². The number of halogens is 1. The molecule has 0 aliphatic heterocycles. The molecule has 0 saturated carbocycles. The summed E-state index contributed by atoms with van der Waals surface area (Å²) in [5, 5.41) is 3.85. The highest BCUT2D eigenvalue weighted by Gasteiger charge is 2.10. The number of rotatable bonds is 3. The molecule has 0 N–H and O–H groups in total. The van der Waals surface area contributed by atoms with Gasteiger partial charge in [0.05, 0.1) is 6.42 Å². The Balaban J connectivity index is 2.30. The highest BCUT2D eigenvalue weighted by Crippen LogP contribution is 2.23. The number of aryl methyl sites for hydroxylation is 1. The van der Waals surface area contributed by atoms with Crippen molar-refractivity contribution in [2.75, 3.05) is 0 Å². The number of Topliss-reactive ketones (excluding diaryl/α,β-unsaturated/α-hetero) is 1. The van der Waals surface area contributed by atoms with Crippen LogP contribution in [0.4, 0.5) is 0 Å². The summed E-state index contributed by atoms with van der Waals surface area (Å²) in [6.45, 7) is 3.50. The zero-order valence-corrected chi connectivity index (χ0v) is 11.1. The van der Waals surface area contributed by atoms with Gasteiger partial charge in [-0.15, -0.1) is 0 Å². The van der Waals surface area contributed by atoms with Gasteiger partial charge >= 0.3 is 0 Å². The molecule has 2 aromatic rings. The maximum absolute atomic E-state index is 10.9. The number of benzene rings is 1. The van der Waals surface area contributed by atoms with Crippen LogP contribution < -0.4 is 0 Å². The fourth-order valence-electron chi connectivity index (χ4n) is 1.39. The molecule has 1 aromatic carbocycles. The summed E-state index contributed by atoms with van der Waals surface area (Å²) in [7, 11) is 0. The fourth-order valence-corrected chi connectivity index (χ4v) is 1.77. The Morgan fingerprint density at radius 1 is 1.47 bits per heavy atom. The van der Waals surface area contributed by atoms with Crippen molar-refractivity contribution in [1.29, 1.82) is 0 Å². The van der Waals surface area contributed by atoms with Crippen molar-refractivity contribution < 1.29 is 9.32 Å². The van der Waals surface area contributed by atoms with Crippen LogP contribution in [0.1, 0.15) is 18.4 Å².